The molecule has 1 rings (SSSR count). The predicted octanol–water partition coefficient (Wildman–Crippen LogP) is 3.06. The third kappa shape index (κ3) is 7.04. The van der Waals surface area contributed by atoms with Crippen molar-refractivity contribution in [3.63, 3.8) is 0 Å². The summed E-state index contributed by atoms with van der Waals surface area (Å²) in [5.74, 6) is -0.0840. The largest absolute Gasteiger partial charge is 0.358 e. The standard InChI is InChI=1S/C18H27N3O2S2/c1-6-21(7-2)18(24)25-12-17(23)20(5)11-16(22)19-15-10-13(3)8-9-14(15)4/h8-10H,6-7,11-12H2,1-5H3,(H,19,22). The van der Waals surface area contributed by atoms with Crippen molar-refractivity contribution in [3.05, 3.63) is 29.3 Å². The number of hydrogen-bond acceptors (Lipinski definition) is 4. The maximum atomic E-state index is 12.2. The van der Waals surface area contributed by atoms with E-state index in [1.807, 2.05) is 50.8 Å². The van der Waals surface area contributed by atoms with Gasteiger partial charge in [0.2, 0.25) is 11.8 Å². The Morgan fingerprint density at radius 3 is 2.44 bits per heavy atom. The number of carbonyl (C=O) groups excluding carboxylic acids is 2. The molecule has 0 fully saturated rings. The van der Waals surface area contributed by atoms with Gasteiger partial charge in [0.1, 0.15) is 4.32 Å². The molecule has 0 bridgehead atoms. The van der Waals surface area contributed by atoms with Crippen molar-refractivity contribution < 1.29 is 9.59 Å². The minimum atomic E-state index is -0.208. The van der Waals surface area contributed by atoms with Crippen LogP contribution in [0.4, 0.5) is 5.69 Å². The molecule has 25 heavy (non-hydrogen) atoms. The first kappa shape index (κ1) is 21.4. The SMILES string of the molecule is CCN(CC)C(=S)SCC(=O)N(C)CC(=O)Nc1cc(C)ccc1C. The van der Waals surface area contributed by atoms with E-state index in [4.69, 9.17) is 12.2 Å². The van der Waals surface area contributed by atoms with Gasteiger partial charge in [-0.05, 0) is 44.9 Å². The molecular formula is C18H27N3O2S2. The third-order valence-electron chi connectivity index (χ3n) is 3.81. The van der Waals surface area contributed by atoms with Crippen molar-refractivity contribution in [2.24, 2.45) is 0 Å². The number of nitrogens with zero attached hydrogens (tertiary/aromatic N) is 2. The monoisotopic (exact) mass is 381 g/mol. The van der Waals surface area contributed by atoms with Crippen molar-refractivity contribution >= 4 is 45.8 Å². The quantitative estimate of drug-likeness (QED) is 0.736. The zero-order valence-electron chi connectivity index (χ0n) is 15.6. The fraction of sp³-hybridized carbons (Fsp3) is 0.500. The van der Waals surface area contributed by atoms with Gasteiger partial charge in [-0.25, -0.2) is 0 Å². The number of hydrogen-bond donors (Lipinski definition) is 1. The number of carbonyl (C=O) groups is 2. The Kier molecular flexibility index (Phi) is 8.92. The summed E-state index contributed by atoms with van der Waals surface area (Å²) < 4.78 is 0.714. The normalized spacial score (nSPS) is 10.3. The molecule has 0 aromatic heterocycles. The highest BCUT2D eigenvalue weighted by molar-refractivity contribution is 8.23. The van der Waals surface area contributed by atoms with Gasteiger partial charge in [-0.2, -0.15) is 0 Å². The number of thiocarbonyl (C=S) groups is 1. The second-order valence-corrected chi connectivity index (χ2v) is 7.45. The summed E-state index contributed by atoms with van der Waals surface area (Å²) in [6.07, 6.45) is 0. The Hall–Kier alpha value is -1.60. The lowest BCUT2D eigenvalue weighted by Gasteiger charge is -2.22. The lowest BCUT2D eigenvalue weighted by atomic mass is 10.1. The molecule has 7 heteroatoms. The summed E-state index contributed by atoms with van der Waals surface area (Å²) in [4.78, 5) is 27.8. The first-order valence-electron chi connectivity index (χ1n) is 8.31. The zero-order valence-corrected chi connectivity index (χ0v) is 17.2. The molecule has 0 heterocycles. The number of rotatable bonds is 7. The third-order valence-corrected chi connectivity index (χ3v) is 5.32. The maximum Gasteiger partial charge on any atom is 0.243 e. The summed E-state index contributed by atoms with van der Waals surface area (Å²) in [6, 6.07) is 5.88. The first-order chi connectivity index (χ1) is 11.8. The summed E-state index contributed by atoms with van der Waals surface area (Å²) in [5.41, 5.74) is 2.85. The van der Waals surface area contributed by atoms with Gasteiger partial charge < -0.3 is 15.1 Å². The molecule has 0 saturated carbocycles. The van der Waals surface area contributed by atoms with Crippen molar-refractivity contribution in [2.75, 3.05) is 37.8 Å². The minimum absolute atomic E-state index is 0.0187. The van der Waals surface area contributed by atoms with Crippen molar-refractivity contribution in [2.45, 2.75) is 27.7 Å². The van der Waals surface area contributed by atoms with E-state index < -0.39 is 0 Å². The van der Waals surface area contributed by atoms with Crippen LogP contribution in [0.3, 0.4) is 0 Å². The molecular weight excluding hydrogens is 354 g/mol. The molecule has 5 nitrogen and oxygen atoms in total. The van der Waals surface area contributed by atoms with Gasteiger partial charge in [0.25, 0.3) is 0 Å². The van der Waals surface area contributed by atoms with E-state index in [0.29, 0.717) is 4.32 Å². The molecule has 0 aliphatic rings. The number of likely N-dealkylation sites (N-methyl/N-ethyl adjacent to an activating group) is 1. The Labute approximate surface area is 160 Å². The smallest absolute Gasteiger partial charge is 0.243 e. The topological polar surface area (TPSA) is 52.7 Å². The highest BCUT2D eigenvalue weighted by atomic mass is 32.2. The van der Waals surface area contributed by atoms with Gasteiger partial charge in [0, 0.05) is 25.8 Å². The predicted molar refractivity (Wildman–Crippen MR) is 110 cm³/mol. The molecule has 1 aromatic carbocycles. The molecule has 0 saturated heterocycles. The Bertz CT molecular complexity index is 631. The summed E-state index contributed by atoms with van der Waals surface area (Å²) in [5, 5.41) is 2.86. The highest BCUT2D eigenvalue weighted by Crippen LogP contribution is 2.16. The minimum Gasteiger partial charge on any atom is -0.358 e. The van der Waals surface area contributed by atoms with E-state index in [0.717, 1.165) is 29.9 Å². The average molecular weight is 382 g/mol. The maximum absolute atomic E-state index is 12.2. The van der Waals surface area contributed by atoms with Gasteiger partial charge >= 0.3 is 0 Å². The second kappa shape index (κ2) is 10.4. The fourth-order valence-electron chi connectivity index (χ4n) is 2.17. The zero-order chi connectivity index (χ0) is 19.0. The summed E-state index contributed by atoms with van der Waals surface area (Å²) in [6.45, 7) is 9.64. The molecule has 0 aliphatic carbocycles. The summed E-state index contributed by atoms with van der Waals surface area (Å²) in [7, 11) is 1.63. The highest BCUT2D eigenvalue weighted by Gasteiger charge is 2.16. The molecule has 138 valence electrons. The van der Waals surface area contributed by atoms with Crippen molar-refractivity contribution in [1.29, 1.82) is 0 Å². The van der Waals surface area contributed by atoms with Crippen LogP contribution in [0.2, 0.25) is 0 Å². The van der Waals surface area contributed by atoms with E-state index in [2.05, 4.69) is 5.32 Å². The number of benzene rings is 1. The second-order valence-electron chi connectivity index (χ2n) is 5.84. The van der Waals surface area contributed by atoms with Gasteiger partial charge in [-0.3, -0.25) is 9.59 Å². The van der Waals surface area contributed by atoms with Crippen LogP contribution >= 0.6 is 24.0 Å². The molecule has 1 aromatic rings. The van der Waals surface area contributed by atoms with Crippen LogP contribution in [0.1, 0.15) is 25.0 Å². The van der Waals surface area contributed by atoms with Crippen LogP contribution in [-0.2, 0) is 9.59 Å². The van der Waals surface area contributed by atoms with Crippen LogP contribution < -0.4 is 5.32 Å². The lowest BCUT2D eigenvalue weighted by molar-refractivity contribution is -0.131. The van der Waals surface area contributed by atoms with E-state index in [1.54, 1.807) is 7.05 Å². The number of nitrogens with one attached hydrogen (secondary N) is 1. The fourth-order valence-corrected chi connectivity index (χ4v) is 3.51. The van der Waals surface area contributed by atoms with Gasteiger partial charge in [-0.1, -0.05) is 36.1 Å². The van der Waals surface area contributed by atoms with E-state index >= 15 is 0 Å². The van der Waals surface area contributed by atoms with Gasteiger partial charge in [0.15, 0.2) is 0 Å². The lowest BCUT2D eigenvalue weighted by Crippen LogP contribution is -2.37. The molecule has 0 atom stereocenters. The van der Waals surface area contributed by atoms with Crippen molar-refractivity contribution in [1.82, 2.24) is 9.80 Å². The van der Waals surface area contributed by atoms with Gasteiger partial charge in [0.05, 0.1) is 12.3 Å². The Balaban J connectivity index is 2.50. The molecule has 0 unspecified atom stereocenters. The number of aryl methyl sites for hydroxylation is 2. The van der Waals surface area contributed by atoms with Crippen LogP contribution in [0.15, 0.2) is 18.2 Å². The summed E-state index contributed by atoms with van der Waals surface area (Å²) >= 11 is 6.66. The Morgan fingerprint density at radius 2 is 1.84 bits per heavy atom. The van der Waals surface area contributed by atoms with E-state index in [9.17, 15) is 9.59 Å². The molecule has 1 N–H and O–H groups in total. The van der Waals surface area contributed by atoms with Crippen LogP contribution in [0.25, 0.3) is 0 Å². The average Bonchev–Trinajstić information content (AvgIpc) is 2.56. The molecule has 0 radical (unpaired) electrons. The number of anilines is 1. The van der Waals surface area contributed by atoms with Gasteiger partial charge in [-0.15, -0.1) is 0 Å². The van der Waals surface area contributed by atoms with Crippen LogP contribution in [-0.4, -0.2) is 58.4 Å². The molecule has 0 spiro atoms. The first-order valence-corrected chi connectivity index (χ1v) is 9.70. The van der Waals surface area contributed by atoms with E-state index in [1.165, 1.54) is 16.7 Å². The van der Waals surface area contributed by atoms with Crippen molar-refractivity contribution in [3.8, 4) is 0 Å². The number of thioether (sulfide) groups is 1. The van der Waals surface area contributed by atoms with Crippen LogP contribution in [0.5, 0.6) is 0 Å². The number of amides is 2. The van der Waals surface area contributed by atoms with E-state index in [-0.39, 0.29) is 24.1 Å². The Morgan fingerprint density at radius 1 is 1.20 bits per heavy atom. The van der Waals surface area contributed by atoms with Crippen LogP contribution in [0, 0.1) is 13.8 Å². The molecule has 2 amide bonds. The molecule has 0 aliphatic heterocycles.